The van der Waals surface area contributed by atoms with Crippen molar-refractivity contribution in [1.82, 2.24) is 4.98 Å². The Bertz CT molecular complexity index is 914. The number of carbonyl (C=O) groups excluding carboxylic acids is 1. The summed E-state index contributed by atoms with van der Waals surface area (Å²) in [5.74, 6) is 0.0384. The quantitative estimate of drug-likeness (QED) is 0.631. The van der Waals surface area contributed by atoms with Crippen LogP contribution in [0.5, 0.6) is 0 Å². The molecule has 3 nitrogen and oxygen atoms in total. The van der Waals surface area contributed by atoms with Gasteiger partial charge in [0.2, 0.25) is 5.91 Å². The fourth-order valence-corrected chi connectivity index (χ4v) is 3.62. The highest BCUT2D eigenvalue weighted by Crippen LogP contribution is 2.51. The number of fused-ring (bicyclic) bond motifs is 1. The van der Waals surface area contributed by atoms with E-state index in [9.17, 15) is 4.79 Å². The number of rotatable bonds is 3. The van der Waals surface area contributed by atoms with E-state index in [4.69, 9.17) is 11.6 Å². The summed E-state index contributed by atoms with van der Waals surface area (Å²) in [4.78, 5) is 16.1. The SMILES string of the molecule is O=C(Nc1cccc(Br)c1)C1(c2c[nH]c3ccc(Cl)cc23)CC1. The molecule has 5 heteroatoms. The molecule has 0 bridgehead atoms. The molecule has 1 fully saturated rings. The summed E-state index contributed by atoms with van der Waals surface area (Å²) in [7, 11) is 0. The minimum absolute atomic E-state index is 0.0384. The number of halogens is 2. The topological polar surface area (TPSA) is 44.9 Å². The Morgan fingerprint density at radius 2 is 2.04 bits per heavy atom. The number of nitrogens with one attached hydrogen (secondary N) is 2. The van der Waals surface area contributed by atoms with Crippen molar-refractivity contribution in [3.63, 3.8) is 0 Å². The zero-order chi connectivity index (χ0) is 16.0. The smallest absolute Gasteiger partial charge is 0.235 e. The van der Waals surface area contributed by atoms with Crippen molar-refractivity contribution in [2.75, 3.05) is 5.32 Å². The molecule has 0 radical (unpaired) electrons. The molecule has 1 aromatic heterocycles. The van der Waals surface area contributed by atoms with E-state index in [0.29, 0.717) is 5.02 Å². The van der Waals surface area contributed by atoms with E-state index in [1.807, 2.05) is 48.7 Å². The molecule has 1 aliphatic rings. The predicted molar refractivity (Wildman–Crippen MR) is 97.0 cm³/mol. The second-order valence-corrected chi connectivity index (χ2v) is 7.29. The van der Waals surface area contributed by atoms with Crippen LogP contribution in [0.3, 0.4) is 0 Å². The third-order valence-corrected chi connectivity index (χ3v) is 5.15. The highest BCUT2D eigenvalue weighted by atomic mass is 79.9. The number of aromatic nitrogens is 1. The second kappa shape index (κ2) is 5.39. The van der Waals surface area contributed by atoms with Crippen molar-refractivity contribution in [2.45, 2.75) is 18.3 Å². The van der Waals surface area contributed by atoms with Gasteiger partial charge in [0.05, 0.1) is 5.41 Å². The summed E-state index contributed by atoms with van der Waals surface area (Å²) in [5, 5.41) is 4.75. The van der Waals surface area contributed by atoms with Crippen LogP contribution in [0, 0.1) is 0 Å². The first-order valence-electron chi connectivity index (χ1n) is 7.43. The summed E-state index contributed by atoms with van der Waals surface area (Å²) < 4.78 is 0.944. The van der Waals surface area contributed by atoms with Gasteiger partial charge < -0.3 is 10.3 Å². The van der Waals surface area contributed by atoms with Gasteiger partial charge in [-0.2, -0.15) is 0 Å². The zero-order valence-corrected chi connectivity index (χ0v) is 14.5. The molecule has 2 aromatic carbocycles. The summed E-state index contributed by atoms with van der Waals surface area (Å²) in [6.45, 7) is 0. The van der Waals surface area contributed by atoms with Crippen molar-refractivity contribution in [1.29, 1.82) is 0 Å². The number of hydrogen-bond acceptors (Lipinski definition) is 1. The van der Waals surface area contributed by atoms with Crippen molar-refractivity contribution in [2.24, 2.45) is 0 Å². The first kappa shape index (κ1) is 14.8. The summed E-state index contributed by atoms with van der Waals surface area (Å²) in [6.07, 6.45) is 3.65. The van der Waals surface area contributed by atoms with Gasteiger partial charge in [-0.1, -0.05) is 33.6 Å². The molecule has 4 rings (SSSR count). The van der Waals surface area contributed by atoms with Crippen LogP contribution in [0.1, 0.15) is 18.4 Å². The lowest BCUT2D eigenvalue weighted by atomic mass is 9.94. The van der Waals surface area contributed by atoms with E-state index in [0.717, 1.165) is 39.5 Å². The number of carbonyl (C=O) groups is 1. The van der Waals surface area contributed by atoms with Gasteiger partial charge in [0.1, 0.15) is 0 Å². The van der Waals surface area contributed by atoms with Gasteiger partial charge in [0, 0.05) is 32.3 Å². The molecule has 2 N–H and O–H groups in total. The fraction of sp³-hybridized carbons (Fsp3) is 0.167. The molecule has 1 saturated carbocycles. The van der Waals surface area contributed by atoms with Gasteiger partial charge in [-0.05, 0) is 54.8 Å². The van der Waals surface area contributed by atoms with Crippen molar-refractivity contribution < 1.29 is 4.79 Å². The van der Waals surface area contributed by atoms with Crippen LogP contribution in [-0.4, -0.2) is 10.9 Å². The van der Waals surface area contributed by atoms with E-state index >= 15 is 0 Å². The summed E-state index contributed by atoms with van der Waals surface area (Å²) >= 11 is 9.55. The number of aromatic amines is 1. The third kappa shape index (κ3) is 2.56. The molecule has 1 amide bonds. The van der Waals surface area contributed by atoms with Crippen molar-refractivity contribution >= 4 is 50.0 Å². The van der Waals surface area contributed by atoms with Gasteiger partial charge in [-0.3, -0.25) is 4.79 Å². The molecular weight excluding hydrogens is 376 g/mol. The van der Waals surface area contributed by atoms with E-state index in [2.05, 4.69) is 26.2 Å². The van der Waals surface area contributed by atoms with E-state index in [-0.39, 0.29) is 5.91 Å². The molecule has 116 valence electrons. The van der Waals surface area contributed by atoms with Crippen LogP contribution in [-0.2, 0) is 10.2 Å². The van der Waals surface area contributed by atoms with E-state index in [1.165, 1.54) is 0 Å². The van der Waals surface area contributed by atoms with Crippen LogP contribution in [0.4, 0.5) is 5.69 Å². The normalized spacial score (nSPS) is 15.6. The van der Waals surface area contributed by atoms with Crippen molar-refractivity contribution in [3.8, 4) is 0 Å². The first-order valence-corrected chi connectivity index (χ1v) is 8.60. The van der Waals surface area contributed by atoms with Gasteiger partial charge >= 0.3 is 0 Å². The Morgan fingerprint density at radius 3 is 2.78 bits per heavy atom. The maximum atomic E-state index is 12.9. The molecule has 3 aromatic rings. The Hall–Kier alpha value is -1.78. The molecule has 0 spiro atoms. The van der Waals surface area contributed by atoms with Crippen LogP contribution in [0.2, 0.25) is 5.02 Å². The molecule has 1 heterocycles. The zero-order valence-electron chi connectivity index (χ0n) is 12.2. The number of amides is 1. The third-order valence-electron chi connectivity index (χ3n) is 4.43. The summed E-state index contributed by atoms with van der Waals surface area (Å²) in [6, 6.07) is 13.4. The lowest BCUT2D eigenvalue weighted by molar-refractivity contribution is -0.118. The minimum atomic E-state index is -0.453. The largest absolute Gasteiger partial charge is 0.361 e. The maximum Gasteiger partial charge on any atom is 0.235 e. The summed E-state index contributed by atoms with van der Waals surface area (Å²) in [5.41, 5.74) is 2.38. The maximum absolute atomic E-state index is 12.9. The predicted octanol–water partition coefficient (Wildman–Crippen LogP) is 5.25. The average Bonchev–Trinajstić information content (AvgIpc) is 3.22. The van der Waals surface area contributed by atoms with E-state index < -0.39 is 5.41 Å². The van der Waals surface area contributed by atoms with Gasteiger partial charge in [-0.15, -0.1) is 0 Å². The number of benzene rings is 2. The highest BCUT2D eigenvalue weighted by molar-refractivity contribution is 9.10. The van der Waals surface area contributed by atoms with Crippen LogP contribution in [0.25, 0.3) is 10.9 Å². The number of hydrogen-bond donors (Lipinski definition) is 2. The Kier molecular flexibility index (Phi) is 3.47. The van der Waals surface area contributed by atoms with Gasteiger partial charge in [-0.25, -0.2) is 0 Å². The minimum Gasteiger partial charge on any atom is -0.361 e. The Balaban J connectivity index is 1.69. The molecule has 0 aliphatic heterocycles. The number of H-pyrrole nitrogens is 1. The van der Waals surface area contributed by atoms with Gasteiger partial charge in [0.25, 0.3) is 0 Å². The monoisotopic (exact) mass is 388 g/mol. The first-order chi connectivity index (χ1) is 11.1. The van der Waals surface area contributed by atoms with Gasteiger partial charge in [0.15, 0.2) is 0 Å². The second-order valence-electron chi connectivity index (χ2n) is 5.94. The lowest BCUT2D eigenvalue weighted by Gasteiger charge is -2.15. The van der Waals surface area contributed by atoms with Crippen LogP contribution in [0.15, 0.2) is 53.1 Å². The molecule has 0 atom stereocenters. The van der Waals surface area contributed by atoms with Crippen LogP contribution >= 0.6 is 27.5 Å². The highest BCUT2D eigenvalue weighted by Gasteiger charge is 2.52. The van der Waals surface area contributed by atoms with Crippen molar-refractivity contribution in [3.05, 3.63) is 63.7 Å². The Morgan fingerprint density at radius 1 is 1.22 bits per heavy atom. The lowest BCUT2D eigenvalue weighted by Crippen LogP contribution is -2.27. The Labute approximate surface area is 147 Å². The standard InChI is InChI=1S/C18H14BrClN2O/c19-11-2-1-3-13(8-11)22-17(23)18(6-7-18)15-10-21-16-5-4-12(20)9-14(15)16/h1-5,8-10,21H,6-7H2,(H,22,23). The molecule has 0 unspecified atom stereocenters. The average molecular weight is 390 g/mol. The molecular formula is C18H14BrClN2O. The number of anilines is 1. The molecule has 23 heavy (non-hydrogen) atoms. The molecule has 0 saturated heterocycles. The fourth-order valence-electron chi connectivity index (χ4n) is 3.05. The van der Waals surface area contributed by atoms with E-state index in [1.54, 1.807) is 0 Å². The molecule has 1 aliphatic carbocycles. The van der Waals surface area contributed by atoms with Crippen LogP contribution < -0.4 is 5.32 Å².